The Bertz CT molecular complexity index is 1120. The number of benzene rings is 2. The first-order valence-corrected chi connectivity index (χ1v) is 11.8. The van der Waals surface area contributed by atoms with Gasteiger partial charge in [-0.05, 0) is 55.7 Å². The van der Waals surface area contributed by atoms with E-state index >= 15 is 0 Å². The molecular formula is C20H22N4O3S2. The highest BCUT2D eigenvalue weighted by Gasteiger charge is 2.28. The lowest BCUT2D eigenvalue weighted by molar-refractivity contribution is -0.126. The maximum atomic E-state index is 12.7. The van der Waals surface area contributed by atoms with E-state index in [1.165, 1.54) is 11.6 Å². The van der Waals surface area contributed by atoms with Gasteiger partial charge in [-0.2, -0.15) is 8.75 Å². The Morgan fingerprint density at radius 1 is 1.00 bits per heavy atom. The molecule has 9 heteroatoms. The van der Waals surface area contributed by atoms with E-state index in [1.54, 1.807) is 6.07 Å². The molecule has 3 aromatic rings. The number of aromatic nitrogens is 2. The number of hydrogen-bond acceptors (Lipinski definition) is 6. The number of carbonyl (C=O) groups is 1. The zero-order valence-corrected chi connectivity index (χ0v) is 17.6. The second-order valence-corrected chi connectivity index (χ2v) is 9.58. The number of amides is 1. The summed E-state index contributed by atoms with van der Waals surface area (Å²) in [4.78, 5) is 14.8. The normalized spacial score (nSPS) is 19.9. The molecular weight excluding hydrogens is 408 g/mol. The summed E-state index contributed by atoms with van der Waals surface area (Å²) < 4.78 is 33.6. The van der Waals surface area contributed by atoms with Gasteiger partial charge in [0.1, 0.15) is 15.9 Å². The summed E-state index contributed by atoms with van der Waals surface area (Å²) in [6.07, 6.45) is 3.30. The van der Waals surface area contributed by atoms with Crippen LogP contribution < -0.4 is 10.3 Å². The third-order valence-electron chi connectivity index (χ3n) is 5.55. The predicted octanol–water partition coefficient (Wildman–Crippen LogP) is 3.28. The molecule has 29 heavy (non-hydrogen) atoms. The highest BCUT2D eigenvalue weighted by Crippen LogP contribution is 2.35. The van der Waals surface area contributed by atoms with Gasteiger partial charge in [0.2, 0.25) is 5.91 Å². The number of nitrogens with zero attached hydrogens (tertiary/aromatic N) is 2. The number of hydrogen-bond donors (Lipinski definition) is 2. The standard InChI is InChI=1S/C20H22N4O3S2/c1-13-7-12-17(19-18(13)22-28-23-19)29(26,27)24-21-20(25)16-10-8-15(9-11-16)14-5-3-2-4-6-14/h2-7,12,15-16,24H,8-11H2,1H3,(H,21,25). The number of aryl methyl sites for hydroxylation is 1. The fraction of sp³-hybridized carbons (Fsp3) is 0.350. The van der Waals surface area contributed by atoms with Crippen molar-refractivity contribution in [1.29, 1.82) is 0 Å². The molecule has 2 N–H and O–H groups in total. The first kappa shape index (κ1) is 19.9. The Labute approximate surface area is 173 Å². The van der Waals surface area contributed by atoms with E-state index in [4.69, 9.17) is 0 Å². The first-order valence-electron chi connectivity index (χ1n) is 9.54. The van der Waals surface area contributed by atoms with Crippen LogP contribution in [0.25, 0.3) is 11.0 Å². The molecule has 0 spiro atoms. The van der Waals surface area contributed by atoms with E-state index in [-0.39, 0.29) is 16.7 Å². The summed E-state index contributed by atoms with van der Waals surface area (Å²) in [7, 11) is -3.94. The number of sulfonamides is 1. The highest BCUT2D eigenvalue weighted by atomic mass is 32.2. The number of rotatable bonds is 5. The van der Waals surface area contributed by atoms with Crippen molar-refractivity contribution in [2.24, 2.45) is 5.92 Å². The number of nitrogens with one attached hydrogen (secondary N) is 2. The molecule has 1 aromatic heterocycles. The largest absolute Gasteiger partial charge is 0.277 e. The lowest BCUT2D eigenvalue weighted by Crippen LogP contribution is -2.45. The van der Waals surface area contributed by atoms with Gasteiger partial charge in [-0.15, -0.1) is 4.83 Å². The van der Waals surface area contributed by atoms with E-state index in [0.717, 1.165) is 43.0 Å². The summed E-state index contributed by atoms with van der Waals surface area (Å²) in [5.41, 5.74) is 5.43. The smallest absolute Gasteiger partial charge is 0.259 e. The Morgan fingerprint density at radius 3 is 2.41 bits per heavy atom. The van der Waals surface area contributed by atoms with Gasteiger partial charge in [-0.25, -0.2) is 8.42 Å². The minimum Gasteiger partial charge on any atom is -0.277 e. The highest BCUT2D eigenvalue weighted by molar-refractivity contribution is 7.89. The molecule has 0 aliphatic heterocycles. The lowest BCUT2D eigenvalue weighted by atomic mass is 9.78. The van der Waals surface area contributed by atoms with E-state index < -0.39 is 10.0 Å². The van der Waals surface area contributed by atoms with Gasteiger partial charge in [-0.1, -0.05) is 36.4 Å². The van der Waals surface area contributed by atoms with E-state index in [0.29, 0.717) is 17.0 Å². The molecule has 152 valence electrons. The van der Waals surface area contributed by atoms with Crippen LogP contribution in [0.2, 0.25) is 0 Å². The molecule has 7 nitrogen and oxygen atoms in total. The van der Waals surface area contributed by atoms with Gasteiger partial charge >= 0.3 is 0 Å². The zero-order chi connectivity index (χ0) is 20.4. The minimum absolute atomic E-state index is 0.0138. The average molecular weight is 431 g/mol. The van der Waals surface area contributed by atoms with Crippen molar-refractivity contribution in [2.45, 2.75) is 43.4 Å². The van der Waals surface area contributed by atoms with Crippen LogP contribution in [0.3, 0.4) is 0 Å². The molecule has 0 radical (unpaired) electrons. The first-order chi connectivity index (χ1) is 14.0. The molecule has 4 rings (SSSR count). The van der Waals surface area contributed by atoms with Crippen LogP contribution in [-0.2, 0) is 14.8 Å². The Morgan fingerprint density at radius 2 is 1.69 bits per heavy atom. The van der Waals surface area contributed by atoms with Gasteiger partial charge in [0.05, 0.1) is 11.7 Å². The predicted molar refractivity (Wildman–Crippen MR) is 112 cm³/mol. The molecule has 1 aliphatic carbocycles. The third kappa shape index (κ3) is 4.17. The van der Waals surface area contributed by atoms with Crippen molar-refractivity contribution in [2.75, 3.05) is 0 Å². The van der Waals surface area contributed by atoms with E-state index in [2.05, 4.69) is 31.1 Å². The summed E-state index contributed by atoms with van der Waals surface area (Å²) >= 11 is 0.963. The van der Waals surface area contributed by atoms with Crippen LogP contribution in [0.4, 0.5) is 0 Å². The maximum Gasteiger partial charge on any atom is 0.259 e. The number of hydrazine groups is 1. The summed E-state index contributed by atoms with van der Waals surface area (Å²) in [5, 5.41) is 0. The second-order valence-electron chi connectivity index (χ2n) is 7.40. The fourth-order valence-corrected chi connectivity index (χ4v) is 5.54. The van der Waals surface area contributed by atoms with Crippen molar-refractivity contribution in [3.63, 3.8) is 0 Å². The fourth-order valence-electron chi connectivity index (χ4n) is 3.87. The zero-order valence-electron chi connectivity index (χ0n) is 16.0. The summed E-state index contributed by atoms with van der Waals surface area (Å²) in [6.45, 7) is 1.85. The van der Waals surface area contributed by atoms with E-state index in [9.17, 15) is 13.2 Å². The monoisotopic (exact) mass is 430 g/mol. The molecule has 1 heterocycles. The maximum absolute atomic E-state index is 12.7. The van der Waals surface area contributed by atoms with Gasteiger partial charge in [0.25, 0.3) is 10.0 Å². The third-order valence-corrected chi connectivity index (χ3v) is 7.35. The average Bonchev–Trinajstić information content (AvgIpc) is 3.24. The van der Waals surface area contributed by atoms with Crippen molar-refractivity contribution in [3.05, 3.63) is 53.6 Å². The molecule has 2 aromatic carbocycles. The van der Waals surface area contributed by atoms with Crippen LogP contribution in [0.5, 0.6) is 0 Å². The molecule has 1 aliphatic rings. The van der Waals surface area contributed by atoms with Crippen LogP contribution >= 0.6 is 11.7 Å². The Balaban J connectivity index is 1.38. The summed E-state index contributed by atoms with van der Waals surface area (Å²) in [6, 6.07) is 13.5. The SMILES string of the molecule is Cc1ccc(S(=O)(=O)NNC(=O)C2CCC(c3ccccc3)CC2)c2nsnc12. The quantitative estimate of drug-likeness (QED) is 0.605. The Kier molecular flexibility index (Phi) is 5.62. The molecule has 0 unspecified atom stereocenters. The molecule has 1 saturated carbocycles. The van der Waals surface area contributed by atoms with Crippen molar-refractivity contribution < 1.29 is 13.2 Å². The van der Waals surface area contributed by atoms with Gasteiger partial charge in [-0.3, -0.25) is 10.2 Å². The second kappa shape index (κ2) is 8.17. The van der Waals surface area contributed by atoms with Crippen LogP contribution in [0.1, 0.15) is 42.7 Å². The summed E-state index contributed by atoms with van der Waals surface area (Å²) in [5.74, 6) is -0.0357. The van der Waals surface area contributed by atoms with Gasteiger partial charge < -0.3 is 0 Å². The topological polar surface area (TPSA) is 101 Å². The van der Waals surface area contributed by atoms with Crippen LogP contribution in [-0.4, -0.2) is 23.1 Å². The number of carbonyl (C=O) groups excluding carboxylic acids is 1. The van der Waals surface area contributed by atoms with E-state index in [1.807, 2.05) is 25.1 Å². The van der Waals surface area contributed by atoms with Gasteiger partial charge in [0, 0.05) is 5.92 Å². The Hall–Kier alpha value is -2.36. The molecule has 0 saturated heterocycles. The molecule has 0 atom stereocenters. The van der Waals surface area contributed by atoms with Crippen molar-refractivity contribution >= 4 is 38.7 Å². The van der Waals surface area contributed by atoms with Crippen molar-refractivity contribution in [1.82, 2.24) is 19.0 Å². The molecule has 0 bridgehead atoms. The number of fused-ring (bicyclic) bond motifs is 1. The van der Waals surface area contributed by atoms with Crippen molar-refractivity contribution in [3.8, 4) is 0 Å². The van der Waals surface area contributed by atoms with Crippen LogP contribution in [0.15, 0.2) is 47.4 Å². The lowest BCUT2D eigenvalue weighted by Gasteiger charge is -2.28. The molecule has 1 amide bonds. The van der Waals surface area contributed by atoms with Gasteiger partial charge in [0.15, 0.2) is 0 Å². The molecule has 1 fully saturated rings. The minimum atomic E-state index is -3.94. The van der Waals surface area contributed by atoms with Crippen LogP contribution in [0, 0.1) is 12.8 Å².